The fraction of sp³-hybridized carbons (Fsp3) is 0.348. The van der Waals surface area contributed by atoms with Gasteiger partial charge < -0.3 is 14.8 Å². The zero-order valence-electron chi connectivity index (χ0n) is 16.6. The Bertz CT molecular complexity index is 826. The van der Waals surface area contributed by atoms with Crippen molar-refractivity contribution in [3.63, 3.8) is 0 Å². The Hall–Kier alpha value is -2.63. The summed E-state index contributed by atoms with van der Waals surface area (Å²) in [5.41, 5.74) is 4.37. The van der Waals surface area contributed by atoms with Crippen molar-refractivity contribution in [1.29, 1.82) is 0 Å². The summed E-state index contributed by atoms with van der Waals surface area (Å²) in [5.74, 6) is 0.632. The van der Waals surface area contributed by atoms with E-state index < -0.39 is 0 Å². The van der Waals surface area contributed by atoms with Crippen LogP contribution < -0.4 is 10.1 Å². The van der Waals surface area contributed by atoms with Crippen molar-refractivity contribution < 1.29 is 14.3 Å². The van der Waals surface area contributed by atoms with Gasteiger partial charge in [-0.2, -0.15) is 0 Å². The highest BCUT2D eigenvalue weighted by Gasteiger charge is 2.10. The summed E-state index contributed by atoms with van der Waals surface area (Å²) in [6.07, 6.45) is 3.34. The number of ether oxygens (including phenoxy) is 2. The van der Waals surface area contributed by atoms with Crippen LogP contribution >= 0.6 is 0 Å². The van der Waals surface area contributed by atoms with Crippen LogP contribution in [0.2, 0.25) is 0 Å². The van der Waals surface area contributed by atoms with Gasteiger partial charge in [0.2, 0.25) is 5.91 Å². The van der Waals surface area contributed by atoms with E-state index in [0.29, 0.717) is 6.54 Å². The number of carbonyl (C=O) groups excluding carboxylic acids is 1. The average Bonchev–Trinajstić information content (AvgIpc) is 2.72. The summed E-state index contributed by atoms with van der Waals surface area (Å²) >= 11 is 0. The highest BCUT2D eigenvalue weighted by molar-refractivity contribution is 5.92. The lowest BCUT2D eigenvalue weighted by molar-refractivity contribution is -0.116. The number of nitrogens with zero attached hydrogens (tertiary/aromatic N) is 1. The minimum Gasteiger partial charge on any atom is -0.496 e. The number of aryl methyl sites for hydroxylation is 1. The van der Waals surface area contributed by atoms with Crippen molar-refractivity contribution in [2.24, 2.45) is 0 Å². The second-order valence-corrected chi connectivity index (χ2v) is 7.01. The van der Waals surface area contributed by atoms with Gasteiger partial charge in [0.25, 0.3) is 0 Å². The van der Waals surface area contributed by atoms with Crippen LogP contribution in [0.3, 0.4) is 0 Å². The average molecular weight is 380 g/mol. The molecule has 5 nitrogen and oxygen atoms in total. The number of morpholine rings is 1. The van der Waals surface area contributed by atoms with E-state index >= 15 is 0 Å². The van der Waals surface area contributed by atoms with E-state index in [9.17, 15) is 4.79 Å². The number of hydrogen-bond acceptors (Lipinski definition) is 4. The van der Waals surface area contributed by atoms with Gasteiger partial charge in [-0.1, -0.05) is 35.9 Å². The molecule has 0 unspecified atom stereocenters. The standard InChI is InChI=1S/C23H28N2O3/c1-18-6-8-22(27-2)21(14-18)7-9-23(26)24-16-19-4-3-5-20(15-19)17-25-10-12-28-13-11-25/h3-9,14-15H,10-13,16-17H2,1-2H3,(H,24,26). The third-order valence-corrected chi connectivity index (χ3v) is 4.77. The Morgan fingerprint density at radius 1 is 1.18 bits per heavy atom. The van der Waals surface area contributed by atoms with E-state index in [2.05, 4.69) is 22.3 Å². The maximum absolute atomic E-state index is 12.2. The second-order valence-electron chi connectivity index (χ2n) is 7.01. The second kappa shape index (κ2) is 10.1. The topological polar surface area (TPSA) is 50.8 Å². The number of amides is 1. The highest BCUT2D eigenvalue weighted by Crippen LogP contribution is 2.20. The lowest BCUT2D eigenvalue weighted by Gasteiger charge is -2.26. The molecule has 0 saturated carbocycles. The molecule has 1 heterocycles. The number of benzene rings is 2. The molecule has 1 N–H and O–H groups in total. The lowest BCUT2D eigenvalue weighted by atomic mass is 10.1. The molecule has 5 heteroatoms. The molecule has 0 spiro atoms. The lowest BCUT2D eigenvalue weighted by Crippen LogP contribution is -2.35. The first-order chi connectivity index (χ1) is 13.6. The molecule has 1 aliphatic rings. The Kier molecular flexibility index (Phi) is 7.23. The van der Waals surface area contributed by atoms with E-state index in [4.69, 9.17) is 9.47 Å². The van der Waals surface area contributed by atoms with E-state index in [1.807, 2.05) is 37.3 Å². The van der Waals surface area contributed by atoms with Crippen molar-refractivity contribution in [2.45, 2.75) is 20.0 Å². The summed E-state index contributed by atoms with van der Waals surface area (Å²) in [6.45, 7) is 6.97. The number of hydrogen-bond donors (Lipinski definition) is 1. The molecule has 0 aromatic heterocycles. The van der Waals surface area contributed by atoms with Gasteiger partial charge in [-0.25, -0.2) is 0 Å². The minimum absolute atomic E-state index is 0.123. The zero-order valence-corrected chi connectivity index (χ0v) is 16.6. The highest BCUT2D eigenvalue weighted by atomic mass is 16.5. The smallest absolute Gasteiger partial charge is 0.244 e. The number of carbonyl (C=O) groups is 1. The zero-order chi connectivity index (χ0) is 19.8. The van der Waals surface area contributed by atoms with Gasteiger partial charge in [0.1, 0.15) is 5.75 Å². The predicted octanol–water partition coefficient (Wildman–Crippen LogP) is 3.17. The molecule has 2 aromatic rings. The Labute approximate surface area is 167 Å². The Morgan fingerprint density at radius 2 is 1.96 bits per heavy atom. The Morgan fingerprint density at radius 3 is 2.75 bits per heavy atom. The van der Waals surface area contributed by atoms with Gasteiger partial charge in [0.15, 0.2) is 0 Å². The van der Waals surface area contributed by atoms with Crippen LogP contribution in [0, 0.1) is 6.92 Å². The van der Waals surface area contributed by atoms with Gasteiger partial charge in [-0.15, -0.1) is 0 Å². The normalized spacial score (nSPS) is 14.9. The van der Waals surface area contributed by atoms with Gasteiger partial charge in [-0.05, 0) is 36.3 Å². The summed E-state index contributed by atoms with van der Waals surface area (Å²) in [6, 6.07) is 14.3. The molecule has 1 aliphatic heterocycles. The summed E-state index contributed by atoms with van der Waals surface area (Å²) in [5, 5.41) is 2.95. The number of methoxy groups -OCH3 is 1. The van der Waals surface area contributed by atoms with Crippen LogP contribution in [0.25, 0.3) is 6.08 Å². The molecular formula is C23H28N2O3. The van der Waals surface area contributed by atoms with Crippen molar-refractivity contribution >= 4 is 12.0 Å². The molecule has 1 amide bonds. The van der Waals surface area contributed by atoms with E-state index in [-0.39, 0.29) is 5.91 Å². The number of nitrogens with one attached hydrogen (secondary N) is 1. The molecule has 0 bridgehead atoms. The first-order valence-electron chi connectivity index (χ1n) is 9.62. The molecule has 1 saturated heterocycles. The van der Waals surface area contributed by atoms with Crippen molar-refractivity contribution in [3.05, 3.63) is 70.8 Å². The maximum atomic E-state index is 12.2. The van der Waals surface area contributed by atoms with Crippen LogP contribution in [-0.4, -0.2) is 44.2 Å². The molecule has 28 heavy (non-hydrogen) atoms. The van der Waals surface area contributed by atoms with Crippen LogP contribution in [0.15, 0.2) is 48.5 Å². The van der Waals surface area contributed by atoms with Crippen molar-refractivity contribution in [1.82, 2.24) is 10.2 Å². The molecule has 3 rings (SSSR count). The van der Waals surface area contributed by atoms with Gasteiger partial charge in [0.05, 0.1) is 20.3 Å². The largest absolute Gasteiger partial charge is 0.496 e. The van der Waals surface area contributed by atoms with Gasteiger partial charge >= 0.3 is 0 Å². The number of rotatable bonds is 7. The maximum Gasteiger partial charge on any atom is 0.244 e. The molecule has 0 radical (unpaired) electrons. The molecule has 0 atom stereocenters. The molecule has 0 aliphatic carbocycles. The third-order valence-electron chi connectivity index (χ3n) is 4.77. The quantitative estimate of drug-likeness (QED) is 0.750. The van der Waals surface area contributed by atoms with Crippen LogP contribution in [0.4, 0.5) is 0 Å². The first kappa shape index (κ1) is 20.1. The molecule has 1 fully saturated rings. The SMILES string of the molecule is COc1ccc(C)cc1C=CC(=O)NCc1cccc(CN2CCOCC2)c1. The van der Waals surface area contributed by atoms with E-state index in [1.165, 1.54) is 5.56 Å². The predicted molar refractivity (Wildman–Crippen MR) is 111 cm³/mol. The van der Waals surface area contributed by atoms with Gasteiger partial charge in [-0.3, -0.25) is 9.69 Å². The van der Waals surface area contributed by atoms with Crippen LogP contribution in [-0.2, 0) is 22.6 Å². The van der Waals surface area contributed by atoms with Crippen molar-refractivity contribution in [2.75, 3.05) is 33.4 Å². The van der Waals surface area contributed by atoms with Crippen molar-refractivity contribution in [3.8, 4) is 5.75 Å². The third kappa shape index (κ3) is 5.94. The molecule has 2 aromatic carbocycles. The summed E-state index contributed by atoms with van der Waals surface area (Å²) < 4.78 is 10.7. The molecule has 148 valence electrons. The monoisotopic (exact) mass is 380 g/mol. The van der Waals surface area contributed by atoms with Gasteiger partial charge in [0, 0.05) is 37.8 Å². The van der Waals surface area contributed by atoms with Crippen LogP contribution in [0.5, 0.6) is 5.75 Å². The fourth-order valence-corrected chi connectivity index (χ4v) is 3.25. The first-order valence-corrected chi connectivity index (χ1v) is 9.62. The molecular weight excluding hydrogens is 352 g/mol. The van der Waals surface area contributed by atoms with E-state index in [1.54, 1.807) is 19.3 Å². The fourth-order valence-electron chi connectivity index (χ4n) is 3.25. The summed E-state index contributed by atoms with van der Waals surface area (Å²) in [4.78, 5) is 14.6. The minimum atomic E-state index is -0.123. The Balaban J connectivity index is 1.54. The van der Waals surface area contributed by atoms with E-state index in [0.717, 1.165) is 55.3 Å². The van der Waals surface area contributed by atoms with Crippen LogP contribution in [0.1, 0.15) is 22.3 Å². The summed E-state index contributed by atoms with van der Waals surface area (Å²) in [7, 11) is 1.63.